The summed E-state index contributed by atoms with van der Waals surface area (Å²) in [5.41, 5.74) is 0.672. The van der Waals surface area contributed by atoms with Crippen molar-refractivity contribution >= 4 is 17.7 Å². The molecule has 3 nitrogen and oxygen atoms in total. The topological polar surface area (TPSA) is 29.5 Å². The van der Waals surface area contributed by atoms with Gasteiger partial charge >= 0.3 is 0 Å². The van der Waals surface area contributed by atoms with Crippen molar-refractivity contribution in [1.82, 2.24) is 4.90 Å². The van der Waals surface area contributed by atoms with Gasteiger partial charge in [0, 0.05) is 30.3 Å². The number of nitrogens with zero attached hydrogens (tertiary/aromatic N) is 1. The van der Waals surface area contributed by atoms with Gasteiger partial charge in [-0.15, -0.1) is 11.8 Å². The maximum absolute atomic E-state index is 11.8. The molecule has 2 rings (SSSR count). The molecule has 0 aliphatic carbocycles. The Labute approximate surface area is 129 Å². The molecule has 0 aliphatic rings. The molecule has 0 aliphatic heterocycles. The smallest absolute Gasteiger partial charge is 0.253 e. The Hall–Kier alpha value is -1.94. The van der Waals surface area contributed by atoms with Gasteiger partial charge in [-0.25, -0.2) is 0 Å². The third-order valence-electron chi connectivity index (χ3n) is 2.87. The van der Waals surface area contributed by atoms with E-state index in [0.29, 0.717) is 12.2 Å². The highest BCUT2D eigenvalue weighted by atomic mass is 32.2. The van der Waals surface area contributed by atoms with Crippen molar-refractivity contribution < 1.29 is 9.53 Å². The molecule has 1 amide bonds. The quantitative estimate of drug-likeness (QED) is 0.603. The fourth-order valence-electron chi connectivity index (χ4n) is 1.79. The van der Waals surface area contributed by atoms with E-state index in [2.05, 4.69) is 12.1 Å². The number of carbonyl (C=O) groups excluding carboxylic acids is 1. The largest absolute Gasteiger partial charge is 0.493 e. The summed E-state index contributed by atoms with van der Waals surface area (Å²) in [6, 6.07) is 17.5. The predicted octanol–water partition coefficient (Wildman–Crippen LogP) is 3.56. The second-order valence-corrected chi connectivity index (χ2v) is 5.90. The van der Waals surface area contributed by atoms with Crippen LogP contribution in [0.15, 0.2) is 59.5 Å². The molecule has 2 aromatic rings. The van der Waals surface area contributed by atoms with Crippen molar-refractivity contribution in [1.29, 1.82) is 0 Å². The van der Waals surface area contributed by atoms with Crippen LogP contribution in [0.3, 0.4) is 0 Å². The molecule has 0 aromatic heterocycles. The SMILES string of the molecule is CN(C)C(=O)c1ccc(OCCSc2ccccc2)cc1. The van der Waals surface area contributed by atoms with Crippen LogP contribution in [0.2, 0.25) is 0 Å². The Morgan fingerprint density at radius 2 is 1.71 bits per heavy atom. The van der Waals surface area contributed by atoms with Crippen molar-refractivity contribution in [3.05, 3.63) is 60.2 Å². The van der Waals surface area contributed by atoms with Crippen LogP contribution in [0.1, 0.15) is 10.4 Å². The molecule has 21 heavy (non-hydrogen) atoms. The lowest BCUT2D eigenvalue weighted by molar-refractivity contribution is 0.0827. The van der Waals surface area contributed by atoms with E-state index in [1.54, 1.807) is 42.9 Å². The molecule has 0 bridgehead atoms. The molecule has 0 saturated carbocycles. The summed E-state index contributed by atoms with van der Waals surface area (Å²) in [6.45, 7) is 0.639. The van der Waals surface area contributed by atoms with E-state index in [1.807, 2.05) is 30.3 Å². The van der Waals surface area contributed by atoms with Crippen molar-refractivity contribution in [2.75, 3.05) is 26.5 Å². The van der Waals surface area contributed by atoms with E-state index in [0.717, 1.165) is 11.5 Å². The molecule has 0 N–H and O–H groups in total. The van der Waals surface area contributed by atoms with E-state index in [4.69, 9.17) is 4.74 Å². The fourth-order valence-corrected chi connectivity index (χ4v) is 2.54. The maximum Gasteiger partial charge on any atom is 0.253 e. The highest BCUT2D eigenvalue weighted by molar-refractivity contribution is 7.99. The van der Waals surface area contributed by atoms with Gasteiger partial charge in [0.2, 0.25) is 0 Å². The van der Waals surface area contributed by atoms with Gasteiger partial charge in [-0.1, -0.05) is 18.2 Å². The van der Waals surface area contributed by atoms with Gasteiger partial charge in [-0.05, 0) is 36.4 Å². The van der Waals surface area contributed by atoms with Gasteiger partial charge in [0.1, 0.15) is 5.75 Å². The monoisotopic (exact) mass is 301 g/mol. The number of amides is 1. The molecule has 0 spiro atoms. The molecule has 4 heteroatoms. The fraction of sp³-hybridized carbons (Fsp3) is 0.235. The summed E-state index contributed by atoms with van der Waals surface area (Å²) >= 11 is 1.77. The van der Waals surface area contributed by atoms with Crippen LogP contribution in [-0.2, 0) is 0 Å². The second-order valence-electron chi connectivity index (χ2n) is 4.73. The Morgan fingerprint density at radius 1 is 1.05 bits per heavy atom. The summed E-state index contributed by atoms with van der Waals surface area (Å²) in [5, 5.41) is 0. The Morgan fingerprint density at radius 3 is 2.33 bits per heavy atom. The van der Waals surface area contributed by atoms with Crippen molar-refractivity contribution in [2.45, 2.75) is 4.90 Å². The normalized spacial score (nSPS) is 10.2. The van der Waals surface area contributed by atoms with E-state index in [-0.39, 0.29) is 5.91 Å². The Kier molecular flexibility index (Phi) is 5.69. The maximum atomic E-state index is 11.8. The number of ether oxygens (including phenoxy) is 1. The van der Waals surface area contributed by atoms with Crippen molar-refractivity contribution in [3.63, 3.8) is 0 Å². The van der Waals surface area contributed by atoms with Gasteiger partial charge < -0.3 is 9.64 Å². The number of thioether (sulfide) groups is 1. The molecule has 2 aromatic carbocycles. The Balaban J connectivity index is 1.77. The molecule has 0 radical (unpaired) electrons. The minimum atomic E-state index is 0.00110. The highest BCUT2D eigenvalue weighted by Gasteiger charge is 2.07. The zero-order chi connectivity index (χ0) is 15.1. The second kappa shape index (κ2) is 7.74. The van der Waals surface area contributed by atoms with E-state index in [1.165, 1.54) is 4.90 Å². The molecular formula is C17H19NO2S. The number of hydrogen-bond acceptors (Lipinski definition) is 3. The zero-order valence-corrected chi connectivity index (χ0v) is 13.1. The van der Waals surface area contributed by atoms with E-state index >= 15 is 0 Å². The third-order valence-corrected chi connectivity index (χ3v) is 3.85. The highest BCUT2D eigenvalue weighted by Crippen LogP contribution is 2.18. The lowest BCUT2D eigenvalue weighted by Gasteiger charge is -2.11. The zero-order valence-electron chi connectivity index (χ0n) is 12.3. The number of benzene rings is 2. The first kappa shape index (κ1) is 15.4. The number of rotatable bonds is 6. The van der Waals surface area contributed by atoms with Crippen LogP contribution >= 0.6 is 11.8 Å². The van der Waals surface area contributed by atoms with Crippen LogP contribution < -0.4 is 4.74 Å². The van der Waals surface area contributed by atoms with Gasteiger partial charge in [-0.2, -0.15) is 0 Å². The number of hydrogen-bond donors (Lipinski definition) is 0. The molecule has 0 saturated heterocycles. The van der Waals surface area contributed by atoms with Gasteiger partial charge in [-0.3, -0.25) is 4.79 Å². The summed E-state index contributed by atoms with van der Waals surface area (Å²) in [7, 11) is 3.49. The standard InChI is InChI=1S/C17H19NO2S/c1-18(2)17(19)14-8-10-15(11-9-14)20-12-13-21-16-6-4-3-5-7-16/h3-11H,12-13H2,1-2H3. The van der Waals surface area contributed by atoms with Crippen LogP contribution in [0.25, 0.3) is 0 Å². The summed E-state index contributed by atoms with van der Waals surface area (Å²) in [6.07, 6.45) is 0. The third kappa shape index (κ3) is 4.83. The molecule has 0 fully saturated rings. The van der Waals surface area contributed by atoms with Gasteiger partial charge in [0.05, 0.1) is 6.61 Å². The Bertz CT molecular complexity index is 567. The summed E-state index contributed by atoms with van der Waals surface area (Å²) in [5.74, 6) is 1.68. The van der Waals surface area contributed by atoms with Crippen LogP contribution in [0, 0.1) is 0 Å². The first-order valence-electron chi connectivity index (χ1n) is 6.79. The van der Waals surface area contributed by atoms with Gasteiger partial charge in [0.15, 0.2) is 0 Å². The molecule has 0 atom stereocenters. The first-order valence-corrected chi connectivity index (χ1v) is 7.78. The summed E-state index contributed by atoms with van der Waals surface area (Å²) < 4.78 is 5.68. The van der Waals surface area contributed by atoms with Crippen molar-refractivity contribution in [2.24, 2.45) is 0 Å². The number of carbonyl (C=O) groups is 1. The molecular weight excluding hydrogens is 282 g/mol. The average molecular weight is 301 g/mol. The lowest BCUT2D eigenvalue weighted by atomic mass is 10.2. The van der Waals surface area contributed by atoms with Crippen LogP contribution in [0.4, 0.5) is 0 Å². The van der Waals surface area contributed by atoms with E-state index in [9.17, 15) is 4.79 Å². The summed E-state index contributed by atoms with van der Waals surface area (Å²) in [4.78, 5) is 14.6. The molecule has 110 valence electrons. The lowest BCUT2D eigenvalue weighted by Crippen LogP contribution is -2.21. The van der Waals surface area contributed by atoms with Crippen LogP contribution in [0.5, 0.6) is 5.75 Å². The average Bonchev–Trinajstić information content (AvgIpc) is 2.52. The van der Waals surface area contributed by atoms with Crippen LogP contribution in [-0.4, -0.2) is 37.3 Å². The molecule has 0 unspecified atom stereocenters. The minimum absolute atomic E-state index is 0.00110. The minimum Gasteiger partial charge on any atom is -0.493 e. The first-order chi connectivity index (χ1) is 10.2. The van der Waals surface area contributed by atoms with E-state index < -0.39 is 0 Å². The molecule has 0 heterocycles. The predicted molar refractivity (Wildman–Crippen MR) is 87.1 cm³/mol. The van der Waals surface area contributed by atoms with Crippen molar-refractivity contribution in [3.8, 4) is 5.75 Å². The van der Waals surface area contributed by atoms with Gasteiger partial charge in [0.25, 0.3) is 5.91 Å².